The molecule has 2 aromatic rings. The number of alkyl halides is 3. The van der Waals surface area contributed by atoms with E-state index in [4.69, 9.17) is 9.47 Å². The van der Waals surface area contributed by atoms with Crippen molar-refractivity contribution in [1.29, 1.82) is 0 Å². The predicted octanol–water partition coefficient (Wildman–Crippen LogP) is 2.81. The highest BCUT2D eigenvalue weighted by atomic mass is 19.4. The molecule has 0 unspecified atom stereocenters. The van der Waals surface area contributed by atoms with Gasteiger partial charge in [-0.1, -0.05) is 12.1 Å². The lowest BCUT2D eigenvalue weighted by molar-refractivity contribution is -0.137. The number of ether oxygens (including phenoxy) is 2. The van der Waals surface area contributed by atoms with Gasteiger partial charge in [0.05, 0.1) is 26.0 Å². The standard InChI is InChI=1S/C18H16F3N3O4/c1-27-14-8-3-5-11(15(14)28-2)10-22-24-17(26)16(25)23-13-7-4-6-12(9-13)18(19,20)21/h3-10H,1-2H3,(H,23,25)(H,24,26). The summed E-state index contributed by atoms with van der Waals surface area (Å²) in [4.78, 5) is 23.6. The minimum Gasteiger partial charge on any atom is -0.493 e. The van der Waals surface area contributed by atoms with Crippen molar-refractivity contribution in [3.8, 4) is 11.5 Å². The van der Waals surface area contributed by atoms with E-state index in [-0.39, 0.29) is 5.69 Å². The first-order valence-electron chi connectivity index (χ1n) is 7.79. The number of para-hydroxylation sites is 1. The van der Waals surface area contributed by atoms with E-state index in [1.165, 1.54) is 26.5 Å². The largest absolute Gasteiger partial charge is 0.493 e. The Kier molecular flexibility index (Phi) is 6.59. The van der Waals surface area contributed by atoms with Gasteiger partial charge in [-0.05, 0) is 30.3 Å². The van der Waals surface area contributed by atoms with Crippen LogP contribution in [0.25, 0.3) is 0 Å². The summed E-state index contributed by atoms with van der Waals surface area (Å²) < 4.78 is 48.3. The van der Waals surface area contributed by atoms with Crippen molar-refractivity contribution in [2.24, 2.45) is 5.10 Å². The first kappa shape index (κ1) is 20.7. The van der Waals surface area contributed by atoms with Gasteiger partial charge in [-0.15, -0.1) is 0 Å². The second kappa shape index (κ2) is 8.89. The highest BCUT2D eigenvalue weighted by Gasteiger charge is 2.30. The minimum atomic E-state index is -4.57. The highest BCUT2D eigenvalue weighted by molar-refractivity contribution is 6.39. The average molecular weight is 395 g/mol. The van der Waals surface area contributed by atoms with Crippen molar-refractivity contribution in [3.05, 3.63) is 53.6 Å². The SMILES string of the molecule is COc1cccc(C=NNC(=O)C(=O)Nc2cccc(C(F)(F)F)c2)c1OC. The van der Waals surface area contributed by atoms with E-state index in [0.717, 1.165) is 18.2 Å². The van der Waals surface area contributed by atoms with Crippen molar-refractivity contribution in [2.45, 2.75) is 6.18 Å². The Morgan fingerprint density at radius 3 is 2.39 bits per heavy atom. The van der Waals surface area contributed by atoms with Gasteiger partial charge in [0.25, 0.3) is 0 Å². The predicted molar refractivity (Wildman–Crippen MR) is 95.4 cm³/mol. The number of rotatable bonds is 5. The number of hydrogen-bond donors (Lipinski definition) is 2. The van der Waals surface area contributed by atoms with Crippen LogP contribution in [-0.2, 0) is 15.8 Å². The minimum absolute atomic E-state index is 0.173. The molecule has 0 saturated heterocycles. The Labute approximate surface area is 158 Å². The van der Waals surface area contributed by atoms with Crippen molar-refractivity contribution in [2.75, 3.05) is 19.5 Å². The number of benzene rings is 2. The summed E-state index contributed by atoms with van der Waals surface area (Å²) in [6, 6.07) is 8.88. The van der Waals surface area contributed by atoms with E-state index in [1.807, 2.05) is 5.43 Å². The summed E-state index contributed by atoms with van der Waals surface area (Å²) in [6.45, 7) is 0. The molecular formula is C18H16F3N3O4. The maximum Gasteiger partial charge on any atom is 0.416 e. The summed E-state index contributed by atoms with van der Waals surface area (Å²) in [6.07, 6.45) is -3.33. The molecule has 0 spiro atoms. The van der Waals surface area contributed by atoms with Gasteiger partial charge in [-0.25, -0.2) is 5.43 Å². The van der Waals surface area contributed by atoms with Gasteiger partial charge in [-0.2, -0.15) is 18.3 Å². The molecule has 0 fully saturated rings. The molecule has 2 rings (SSSR count). The van der Waals surface area contributed by atoms with Crippen molar-refractivity contribution >= 4 is 23.7 Å². The second-order valence-electron chi connectivity index (χ2n) is 5.31. The molecule has 0 saturated carbocycles. The molecule has 0 aliphatic heterocycles. The monoisotopic (exact) mass is 395 g/mol. The third-order valence-corrected chi connectivity index (χ3v) is 3.46. The van der Waals surface area contributed by atoms with Crippen LogP contribution in [-0.4, -0.2) is 32.2 Å². The third kappa shape index (κ3) is 5.22. The molecule has 2 amide bonds. The Morgan fingerprint density at radius 1 is 1.04 bits per heavy atom. The molecule has 2 N–H and O–H groups in total. The van der Waals surface area contributed by atoms with Crippen LogP contribution >= 0.6 is 0 Å². The third-order valence-electron chi connectivity index (χ3n) is 3.46. The molecule has 0 aliphatic carbocycles. The lowest BCUT2D eigenvalue weighted by Gasteiger charge is -2.10. The number of hydrazone groups is 1. The normalized spacial score (nSPS) is 11.2. The fraction of sp³-hybridized carbons (Fsp3) is 0.167. The van der Waals surface area contributed by atoms with Crippen LogP contribution in [0, 0.1) is 0 Å². The smallest absolute Gasteiger partial charge is 0.416 e. The van der Waals surface area contributed by atoms with Gasteiger partial charge in [0.2, 0.25) is 0 Å². The fourth-order valence-electron chi connectivity index (χ4n) is 2.19. The van der Waals surface area contributed by atoms with Crippen molar-refractivity contribution in [1.82, 2.24) is 5.43 Å². The number of nitrogens with zero attached hydrogens (tertiary/aromatic N) is 1. The van der Waals surface area contributed by atoms with Crippen LogP contribution in [0.15, 0.2) is 47.6 Å². The van der Waals surface area contributed by atoms with E-state index in [2.05, 4.69) is 10.4 Å². The van der Waals surface area contributed by atoms with Crippen LogP contribution in [0.4, 0.5) is 18.9 Å². The first-order valence-corrected chi connectivity index (χ1v) is 7.79. The van der Waals surface area contributed by atoms with E-state index in [9.17, 15) is 22.8 Å². The summed E-state index contributed by atoms with van der Waals surface area (Å²) in [7, 11) is 2.88. The molecular weight excluding hydrogens is 379 g/mol. The van der Waals surface area contributed by atoms with E-state index < -0.39 is 23.6 Å². The Balaban J connectivity index is 2.02. The summed E-state index contributed by atoms with van der Waals surface area (Å²) in [5.41, 5.74) is 1.33. The van der Waals surface area contributed by atoms with Gasteiger partial charge in [0, 0.05) is 11.3 Å². The van der Waals surface area contributed by atoms with Gasteiger partial charge >= 0.3 is 18.0 Å². The molecule has 0 atom stereocenters. The average Bonchev–Trinajstić information content (AvgIpc) is 2.67. The Bertz CT molecular complexity index is 898. The summed E-state index contributed by atoms with van der Waals surface area (Å²) in [5.74, 6) is -1.51. The molecule has 28 heavy (non-hydrogen) atoms. The van der Waals surface area contributed by atoms with Crippen LogP contribution < -0.4 is 20.2 Å². The maximum absolute atomic E-state index is 12.7. The van der Waals surface area contributed by atoms with Crippen LogP contribution in [0.2, 0.25) is 0 Å². The number of carbonyl (C=O) groups excluding carboxylic acids is 2. The van der Waals surface area contributed by atoms with Gasteiger partial charge < -0.3 is 14.8 Å². The molecule has 0 aliphatic rings. The first-order chi connectivity index (χ1) is 13.3. The summed E-state index contributed by atoms with van der Waals surface area (Å²) >= 11 is 0. The second-order valence-corrected chi connectivity index (χ2v) is 5.31. The molecule has 0 bridgehead atoms. The zero-order chi connectivity index (χ0) is 20.7. The molecule has 0 aromatic heterocycles. The lowest BCUT2D eigenvalue weighted by Crippen LogP contribution is -2.32. The van der Waals surface area contributed by atoms with Gasteiger partial charge in [0.1, 0.15) is 0 Å². The molecule has 2 aromatic carbocycles. The van der Waals surface area contributed by atoms with E-state index in [0.29, 0.717) is 17.1 Å². The van der Waals surface area contributed by atoms with Crippen LogP contribution in [0.5, 0.6) is 11.5 Å². The maximum atomic E-state index is 12.7. The Hall–Kier alpha value is -3.56. The van der Waals surface area contributed by atoms with Crippen LogP contribution in [0.3, 0.4) is 0 Å². The zero-order valence-corrected chi connectivity index (χ0v) is 14.8. The van der Waals surface area contributed by atoms with E-state index >= 15 is 0 Å². The highest BCUT2D eigenvalue weighted by Crippen LogP contribution is 2.31. The van der Waals surface area contributed by atoms with Gasteiger partial charge in [-0.3, -0.25) is 9.59 Å². The molecule has 10 heteroatoms. The molecule has 7 nitrogen and oxygen atoms in total. The number of halogens is 3. The molecule has 0 radical (unpaired) electrons. The number of amides is 2. The fourth-order valence-corrected chi connectivity index (χ4v) is 2.19. The zero-order valence-electron chi connectivity index (χ0n) is 14.8. The van der Waals surface area contributed by atoms with Gasteiger partial charge in [0.15, 0.2) is 11.5 Å². The van der Waals surface area contributed by atoms with Crippen molar-refractivity contribution < 1.29 is 32.2 Å². The molecule has 0 heterocycles. The lowest BCUT2D eigenvalue weighted by atomic mass is 10.2. The van der Waals surface area contributed by atoms with Crippen molar-refractivity contribution in [3.63, 3.8) is 0 Å². The van der Waals surface area contributed by atoms with E-state index in [1.54, 1.807) is 18.2 Å². The number of nitrogens with one attached hydrogen (secondary N) is 2. The number of carbonyl (C=O) groups is 2. The number of hydrogen-bond acceptors (Lipinski definition) is 5. The number of methoxy groups -OCH3 is 2. The quantitative estimate of drug-likeness (QED) is 0.463. The summed E-state index contributed by atoms with van der Waals surface area (Å²) in [5, 5.41) is 5.72. The topological polar surface area (TPSA) is 89.0 Å². The molecule has 148 valence electrons. The Morgan fingerprint density at radius 2 is 1.75 bits per heavy atom. The number of anilines is 1. The van der Waals surface area contributed by atoms with Crippen LogP contribution in [0.1, 0.15) is 11.1 Å².